The van der Waals surface area contributed by atoms with Crippen molar-refractivity contribution in [3.8, 4) is 0 Å². The van der Waals surface area contributed by atoms with Crippen molar-refractivity contribution in [3.63, 3.8) is 0 Å². The van der Waals surface area contributed by atoms with Gasteiger partial charge in [0.25, 0.3) is 0 Å². The first-order valence-electron chi connectivity index (χ1n) is 7.84. The van der Waals surface area contributed by atoms with E-state index in [4.69, 9.17) is 0 Å². The van der Waals surface area contributed by atoms with Crippen LogP contribution in [0.15, 0.2) is 64.5 Å². The van der Waals surface area contributed by atoms with Gasteiger partial charge in [-0.2, -0.15) is 5.10 Å². The molecule has 0 bridgehead atoms. The monoisotopic (exact) mass is 344 g/mol. The summed E-state index contributed by atoms with van der Waals surface area (Å²) < 4.78 is 24.9. The second-order valence-corrected chi connectivity index (χ2v) is 7.27. The van der Waals surface area contributed by atoms with Crippen molar-refractivity contribution in [3.05, 3.63) is 54.6 Å². The molecule has 0 radical (unpaired) electrons. The van der Waals surface area contributed by atoms with E-state index in [2.05, 4.69) is 20.8 Å². The number of H-pyrrole nitrogens is 1. The molecular formula is C17H20N4O2S. The molecular weight excluding hydrogens is 324 g/mol. The standard InChI is InChI=1S/C13H10N2O2S.C4H10N2/c16-18(17,10-6-2-1-3-7-10)13-11-8-4-5-9-12(11)14-15-13;1-2-6-4-3-5-1/h1-9H,(H,14,15);5-6H,1-4H2. The number of hydrogen-bond donors (Lipinski definition) is 3. The molecule has 24 heavy (non-hydrogen) atoms. The number of nitrogens with zero attached hydrogens (tertiary/aromatic N) is 1. The van der Waals surface area contributed by atoms with Gasteiger partial charge in [0, 0.05) is 31.6 Å². The summed E-state index contributed by atoms with van der Waals surface area (Å²) in [7, 11) is -3.54. The molecule has 2 heterocycles. The minimum Gasteiger partial charge on any atom is -0.314 e. The maximum Gasteiger partial charge on any atom is 0.223 e. The lowest BCUT2D eigenvalue weighted by Crippen LogP contribution is -2.39. The summed E-state index contributed by atoms with van der Waals surface area (Å²) in [5.41, 5.74) is 0.645. The van der Waals surface area contributed by atoms with Gasteiger partial charge in [0.2, 0.25) is 9.84 Å². The third kappa shape index (κ3) is 3.64. The number of para-hydroxylation sites is 1. The Hall–Kier alpha value is -2.22. The van der Waals surface area contributed by atoms with Crippen molar-refractivity contribution < 1.29 is 8.42 Å². The van der Waals surface area contributed by atoms with E-state index in [1.807, 2.05) is 6.07 Å². The van der Waals surface area contributed by atoms with Crippen molar-refractivity contribution in [2.24, 2.45) is 0 Å². The van der Waals surface area contributed by atoms with Gasteiger partial charge in [0.05, 0.1) is 10.4 Å². The predicted molar refractivity (Wildman–Crippen MR) is 93.7 cm³/mol. The molecule has 3 aromatic rings. The van der Waals surface area contributed by atoms with Crippen LogP contribution in [0, 0.1) is 0 Å². The molecule has 1 aliphatic rings. The Balaban J connectivity index is 0.000000238. The highest BCUT2D eigenvalue weighted by molar-refractivity contribution is 7.91. The number of sulfone groups is 1. The normalized spacial score (nSPS) is 14.8. The van der Waals surface area contributed by atoms with Gasteiger partial charge in [-0.05, 0) is 24.3 Å². The third-order valence-electron chi connectivity index (χ3n) is 3.71. The third-order valence-corrected chi connectivity index (χ3v) is 5.45. The molecule has 2 aromatic carbocycles. The Bertz CT molecular complexity index is 876. The van der Waals surface area contributed by atoms with E-state index in [9.17, 15) is 8.42 Å². The van der Waals surface area contributed by atoms with Crippen LogP contribution in [0.4, 0.5) is 0 Å². The van der Waals surface area contributed by atoms with Gasteiger partial charge in [-0.1, -0.05) is 30.3 Å². The lowest BCUT2D eigenvalue weighted by Gasteiger charge is -2.11. The fraction of sp³-hybridized carbons (Fsp3) is 0.235. The Morgan fingerprint density at radius 1 is 0.792 bits per heavy atom. The summed E-state index contributed by atoms with van der Waals surface area (Å²) in [6.45, 7) is 4.56. The SMILES string of the molecule is C1CNCCN1.O=S(=O)(c1ccccc1)c1[nH]nc2ccccc12. The highest BCUT2D eigenvalue weighted by Gasteiger charge is 2.22. The van der Waals surface area contributed by atoms with Crippen molar-refractivity contribution in [2.75, 3.05) is 26.2 Å². The zero-order valence-corrected chi connectivity index (χ0v) is 14.0. The second-order valence-electron chi connectivity index (χ2n) is 5.39. The fourth-order valence-electron chi connectivity index (χ4n) is 2.46. The molecule has 3 N–H and O–H groups in total. The summed E-state index contributed by atoms with van der Waals surface area (Å²) >= 11 is 0. The zero-order chi connectivity index (χ0) is 16.8. The van der Waals surface area contributed by atoms with Crippen LogP contribution in [0.5, 0.6) is 0 Å². The van der Waals surface area contributed by atoms with E-state index in [0.717, 1.165) is 26.2 Å². The summed E-state index contributed by atoms with van der Waals surface area (Å²) in [4.78, 5) is 0.263. The highest BCUT2D eigenvalue weighted by Crippen LogP contribution is 2.25. The lowest BCUT2D eigenvalue weighted by molar-refractivity contribution is 0.534. The lowest BCUT2D eigenvalue weighted by atomic mass is 10.3. The largest absolute Gasteiger partial charge is 0.314 e. The molecule has 6 nitrogen and oxygen atoms in total. The van der Waals surface area contributed by atoms with Crippen LogP contribution in [0.1, 0.15) is 0 Å². The van der Waals surface area contributed by atoms with Crippen molar-refractivity contribution in [1.29, 1.82) is 0 Å². The van der Waals surface area contributed by atoms with Gasteiger partial charge in [0.1, 0.15) is 0 Å². The van der Waals surface area contributed by atoms with Gasteiger partial charge >= 0.3 is 0 Å². The maximum atomic E-state index is 12.4. The van der Waals surface area contributed by atoms with Crippen LogP contribution in [-0.2, 0) is 9.84 Å². The van der Waals surface area contributed by atoms with Crippen LogP contribution in [0.25, 0.3) is 10.9 Å². The Morgan fingerprint density at radius 2 is 1.38 bits per heavy atom. The Morgan fingerprint density at radius 3 is 2.00 bits per heavy atom. The van der Waals surface area contributed by atoms with E-state index in [1.54, 1.807) is 48.5 Å². The first-order valence-corrected chi connectivity index (χ1v) is 9.32. The van der Waals surface area contributed by atoms with E-state index in [0.29, 0.717) is 10.9 Å². The number of benzene rings is 2. The molecule has 1 aromatic heterocycles. The van der Waals surface area contributed by atoms with Gasteiger partial charge in [0.15, 0.2) is 5.03 Å². The first-order chi connectivity index (χ1) is 11.7. The molecule has 0 amide bonds. The molecule has 7 heteroatoms. The molecule has 1 saturated heterocycles. The molecule has 0 saturated carbocycles. The molecule has 0 unspecified atom stereocenters. The van der Waals surface area contributed by atoms with Crippen LogP contribution in [-0.4, -0.2) is 44.8 Å². The number of fused-ring (bicyclic) bond motifs is 1. The van der Waals surface area contributed by atoms with E-state index < -0.39 is 9.84 Å². The molecule has 0 spiro atoms. The van der Waals surface area contributed by atoms with Crippen molar-refractivity contribution in [2.45, 2.75) is 9.92 Å². The Labute approximate surface area is 141 Å². The number of rotatable bonds is 2. The first kappa shape index (κ1) is 16.6. The van der Waals surface area contributed by atoms with Gasteiger partial charge < -0.3 is 10.6 Å². The number of aromatic amines is 1. The minimum absolute atomic E-state index is 0.143. The van der Waals surface area contributed by atoms with Crippen molar-refractivity contribution in [1.82, 2.24) is 20.8 Å². The summed E-state index contributed by atoms with van der Waals surface area (Å²) in [5.74, 6) is 0. The minimum atomic E-state index is -3.54. The molecule has 0 atom stereocenters. The number of piperazine rings is 1. The van der Waals surface area contributed by atoms with Crippen LogP contribution < -0.4 is 10.6 Å². The second kappa shape index (κ2) is 7.57. The molecule has 1 fully saturated rings. The van der Waals surface area contributed by atoms with Crippen molar-refractivity contribution >= 4 is 20.7 Å². The molecule has 0 aliphatic carbocycles. The maximum absolute atomic E-state index is 12.4. The summed E-state index contributed by atoms with van der Waals surface area (Å²) in [5, 5.41) is 13.8. The summed E-state index contributed by atoms with van der Waals surface area (Å²) in [6.07, 6.45) is 0. The van der Waals surface area contributed by atoms with E-state index in [-0.39, 0.29) is 9.92 Å². The molecule has 1 aliphatic heterocycles. The molecule has 126 valence electrons. The quantitative estimate of drug-likeness (QED) is 0.657. The van der Waals surface area contributed by atoms with Gasteiger partial charge in [-0.25, -0.2) is 8.42 Å². The highest BCUT2D eigenvalue weighted by atomic mass is 32.2. The topological polar surface area (TPSA) is 86.9 Å². The van der Waals surface area contributed by atoms with Crippen LogP contribution in [0.3, 0.4) is 0 Å². The number of aromatic nitrogens is 2. The van der Waals surface area contributed by atoms with Gasteiger partial charge in [-0.15, -0.1) is 0 Å². The Kier molecular flexibility index (Phi) is 5.24. The average Bonchev–Trinajstić information content (AvgIpc) is 3.09. The number of nitrogens with one attached hydrogen (secondary N) is 3. The van der Waals surface area contributed by atoms with Crippen LogP contribution in [0.2, 0.25) is 0 Å². The predicted octanol–water partition coefficient (Wildman–Crippen LogP) is 1.57. The van der Waals surface area contributed by atoms with E-state index in [1.165, 1.54) is 0 Å². The molecule has 4 rings (SSSR count). The zero-order valence-electron chi connectivity index (χ0n) is 13.2. The van der Waals surface area contributed by atoms with Gasteiger partial charge in [-0.3, -0.25) is 5.10 Å². The van der Waals surface area contributed by atoms with Crippen LogP contribution >= 0.6 is 0 Å². The fourth-order valence-corrected chi connectivity index (χ4v) is 3.84. The van der Waals surface area contributed by atoms with E-state index >= 15 is 0 Å². The average molecular weight is 344 g/mol. The smallest absolute Gasteiger partial charge is 0.223 e. The summed E-state index contributed by atoms with van der Waals surface area (Å²) in [6, 6.07) is 15.5. The number of hydrogen-bond acceptors (Lipinski definition) is 5.